The first-order chi connectivity index (χ1) is 11.3. The zero-order valence-electron chi connectivity index (χ0n) is 12.1. The van der Waals surface area contributed by atoms with Gasteiger partial charge in [-0.3, -0.25) is 4.79 Å². The van der Waals surface area contributed by atoms with E-state index < -0.39 is 0 Å². The molecule has 0 unspecified atom stereocenters. The number of aromatic amines is 1. The largest absolute Gasteiger partial charge is 0.359 e. The van der Waals surface area contributed by atoms with Gasteiger partial charge in [-0.2, -0.15) is 5.10 Å². The van der Waals surface area contributed by atoms with Crippen LogP contribution in [0.2, 0.25) is 0 Å². The van der Waals surface area contributed by atoms with E-state index in [9.17, 15) is 4.79 Å². The van der Waals surface area contributed by atoms with Gasteiger partial charge < -0.3 is 10.3 Å². The predicted octanol–water partition coefficient (Wildman–Crippen LogP) is 2.98. The Hall–Kier alpha value is -3.41. The topological polar surface area (TPSA) is 75.1 Å². The van der Waals surface area contributed by atoms with Gasteiger partial charge in [0.1, 0.15) is 5.69 Å². The first-order valence-electron chi connectivity index (χ1n) is 7.15. The van der Waals surface area contributed by atoms with Gasteiger partial charge in [-0.1, -0.05) is 18.2 Å². The van der Waals surface area contributed by atoms with E-state index in [0.29, 0.717) is 5.56 Å². The Labute approximate surface area is 131 Å². The first-order valence-corrected chi connectivity index (χ1v) is 7.15. The highest BCUT2D eigenvalue weighted by atomic mass is 16.1. The average molecular weight is 303 g/mol. The van der Waals surface area contributed by atoms with E-state index in [1.165, 1.54) is 0 Å². The number of hydrogen-bond acceptors (Lipinski definition) is 3. The Morgan fingerprint density at radius 2 is 2.00 bits per heavy atom. The number of imidazole rings is 1. The molecule has 1 amide bonds. The smallest absolute Gasteiger partial charge is 0.257 e. The molecule has 4 aromatic rings. The lowest BCUT2D eigenvalue weighted by molar-refractivity contribution is 0.102. The molecular formula is C17H13N5O. The van der Waals surface area contributed by atoms with Crippen molar-refractivity contribution in [2.75, 3.05) is 5.32 Å². The van der Waals surface area contributed by atoms with E-state index in [2.05, 4.69) is 20.4 Å². The summed E-state index contributed by atoms with van der Waals surface area (Å²) in [6.07, 6.45) is 5.10. The van der Waals surface area contributed by atoms with Crippen molar-refractivity contribution in [3.05, 3.63) is 72.7 Å². The molecular weight excluding hydrogens is 290 g/mol. The Morgan fingerprint density at radius 3 is 2.87 bits per heavy atom. The van der Waals surface area contributed by atoms with Gasteiger partial charge in [-0.15, -0.1) is 0 Å². The molecule has 3 heterocycles. The van der Waals surface area contributed by atoms with Crippen LogP contribution < -0.4 is 5.32 Å². The molecule has 0 spiro atoms. The van der Waals surface area contributed by atoms with Crippen LogP contribution in [0.3, 0.4) is 0 Å². The first kappa shape index (κ1) is 13.3. The highest BCUT2D eigenvalue weighted by molar-refractivity contribution is 6.04. The quantitative estimate of drug-likeness (QED) is 0.611. The molecule has 0 saturated carbocycles. The lowest BCUT2D eigenvalue weighted by Gasteiger charge is -2.02. The van der Waals surface area contributed by atoms with Crippen LogP contribution in [0.5, 0.6) is 0 Å². The number of anilines is 1. The molecule has 0 saturated heterocycles. The molecule has 112 valence electrons. The van der Waals surface area contributed by atoms with Crippen LogP contribution in [0.25, 0.3) is 17.0 Å². The van der Waals surface area contributed by atoms with Gasteiger partial charge in [0.2, 0.25) is 0 Å². The maximum atomic E-state index is 12.3. The lowest BCUT2D eigenvalue weighted by Crippen LogP contribution is -2.10. The molecule has 1 aromatic carbocycles. The van der Waals surface area contributed by atoms with Crippen LogP contribution in [0.1, 0.15) is 10.4 Å². The van der Waals surface area contributed by atoms with Gasteiger partial charge in [0.05, 0.1) is 17.5 Å². The van der Waals surface area contributed by atoms with Crippen LogP contribution >= 0.6 is 0 Å². The van der Waals surface area contributed by atoms with Crippen LogP contribution in [0.4, 0.5) is 5.69 Å². The molecule has 0 radical (unpaired) electrons. The van der Waals surface area contributed by atoms with Gasteiger partial charge in [-0.05, 0) is 30.3 Å². The highest BCUT2D eigenvalue weighted by Crippen LogP contribution is 2.20. The lowest BCUT2D eigenvalue weighted by atomic mass is 10.2. The zero-order chi connectivity index (χ0) is 15.6. The summed E-state index contributed by atoms with van der Waals surface area (Å²) in [5, 5.41) is 7.13. The Bertz CT molecular complexity index is 971. The Kier molecular flexibility index (Phi) is 3.12. The summed E-state index contributed by atoms with van der Waals surface area (Å²) in [7, 11) is 0. The third kappa shape index (κ3) is 2.46. The minimum Gasteiger partial charge on any atom is -0.359 e. The van der Waals surface area contributed by atoms with Crippen molar-refractivity contribution < 1.29 is 4.79 Å². The number of amides is 1. The number of para-hydroxylation sites is 1. The standard InChI is InChI=1S/C17H13N5O/c23-17(21-13-5-2-1-3-6-13)12-9-14(18-10-12)15-11-19-16-7-4-8-20-22(15)16/h1-11,18H,(H,21,23). The Morgan fingerprint density at radius 1 is 1.13 bits per heavy atom. The van der Waals surface area contributed by atoms with Gasteiger partial charge in [0, 0.05) is 18.1 Å². The van der Waals surface area contributed by atoms with Gasteiger partial charge in [0.25, 0.3) is 5.91 Å². The molecule has 6 nitrogen and oxygen atoms in total. The third-order valence-electron chi connectivity index (χ3n) is 3.53. The third-order valence-corrected chi connectivity index (χ3v) is 3.53. The summed E-state index contributed by atoms with van der Waals surface area (Å²) < 4.78 is 1.73. The summed E-state index contributed by atoms with van der Waals surface area (Å²) in [5.74, 6) is -0.166. The number of aromatic nitrogens is 4. The van der Waals surface area contributed by atoms with Crippen molar-refractivity contribution in [2.45, 2.75) is 0 Å². The number of rotatable bonds is 3. The number of benzene rings is 1. The number of carbonyl (C=O) groups is 1. The molecule has 0 atom stereocenters. The van der Waals surface area contributed by atoms with E-state index in [0.717, 1.165) is 22.7 Å². The van der Waals surface area contributed by atoms with Crippen molar-refractivity contribution in [1.82, 2.24) is 19.6 Å². The molecule has 0 aliphatic rings. The minimum absolute atomic E-state index is 0.166. The van der Waals surface area contributed by atoms with E-state index in [1.54, 1.807) is 29.2 Å². The molecule has 23 heavy (non-hydrogen) atoms. The van der Waals surface area contributed by atoms with Crippen LogP contribution in [-0.4, -0.2) is 25.5 Å². The maximum absolute atomic E-state index is 12.3. The molecule has 0 aliphatic carbocycles. The summed E-state index contributed by atoms with van der Waals surface area (Å²) in [6, 6.07) is 14.9. The maximum Gasteiger partial charge on any atom is 0.257 e. The van der Waals surface area contributed by atoms with Gasteiger partial charge in [-0.25, -0.2) is 9.50 Å². The predicted molar refractivity (Wildman–Crippen MR) is 87.2 cm³/mol. The summed E-state index contributed by atoms with van der Waals surface area (Å²) in [6.45, 7) is 0. The SMILES string of the molecule is O=C(Nc1ccccc1)c1c[nH]c(-c2cnc3cccnn23)c1. The molecule has 6 heteroatoms. The van der Waals surface area contributed by atoms with Crippen molar-refractivity contribution in [3.63, 3.8) is 0 Å². The second kappa shape index (κ2) is 5.42. The normalized spacial score (nSPS) is 10.8. The van der Waals surface area contributed by atoms with Crippen LogP contribution in [-0.2, 0) is 0 Å². The van der Waals surface area contributed by atoms with Crippen LogP contribution in [0.15, 0.2) is 67.1 Å². The second-order valence-corrected chi connectivity index (χ2v) is 5.06. The Balaban J connectivity index is 1.63. The van der Waals surface area contributed by atoms with E-state index in [4.69, 9.17) is 0 Å². The average Bonchev–Trinajstić information content (AvgIpc) is 3.22. The molecule has 2 N–H and O–H groups in total. The molecule has 4 rings (SSSR count). The number of carbonyl (C=O) groups excluding carboxylic acids is 1. The number of hydrogen-bond donors (Lipinski definition) is 2. The summed E-state index contributed by atoms with van der Waals surface area (Å²) in [5.41, 5.74) is 3.66. The summed E-state index contributed by atoms with van der Waals surface area (Å²) >= 11 is 0. The highest BCUT2D eigenvalue weighted by Gasteiger charge is 2.12. The number of nitrogens with one attached hydrogen (secondary N) is 2. The zero-order valence-corrected chi connectivity index (χ0v) is 12.1. The van der Waals surface area contributed by atoms with Crippen molar-refractivity contribution >= 4 is 17.2 Å². The van der Waals surface area contributed by atoms with Gasteiger partial charge in [0.15, 0.2) is 5.65 Å². The molecule has 0 fully saturated rings. The molecule has 0 aliphatic heterocycles. The van der Waals surface area contributed by atoms with E-state index in [1.807, 2.05) is 42.5 Å². The fraction of sp³-hybridized carbons (Fsp3) is 0. The number of nitrogens with zero attached hydrogens (tertiary/aromatic N) is 3. The van der Waals surface area contributed by atoms with Crippen molar-refractivity contribution in [2.24, 2.45) is 0 Å². The monoisotopic (exact) mass is 303 g/mol. The fourth-order valence-corrected chi connectivity index (χ4v) is 2.41. The summed E-state index contributed by atoms with van der Waals surface area (Å²) in [4.78, 5) is 19.7. The number of fused-ring (bicyclic) bond motifs is 1. The van der Waals surface area contributed by atoms with Crippen molar-refractivity contribution in [3.8, 4) is 11.4 Å². The van der Waals surface area contributed by atoms with E-state index >= 15 is 0 Å². The molecule has 3 aromatic heterocycles. The van der Waals surface area contributed by atoms with Crippen molar-refractivity contribution in [1.29, 1.82) is 0 Å². The second-order valence-electron chi connectivity index (χ2n) is 5.06. The van der Waals surface area contributed by atoms with Crippen LogP contribution in [0, 0.1) is 0 Å². The fourth-order valence-electron chi connectivity index (χ4n) is 2.41. The minimum atomic E-state index is -0.166. The van der Waals surface area contributed by atoms with E-state index in [-0.39, 0.29) is 5.91 Å². The number of H-pyrrole nitrogens is 1. The molecule has 0 bridgehead atoms. The van der Waals surface area contributed by atoms with Gasteiger partial charge >= 0.3 is 0 Å².